The molecule has 9 rings (SSSR count). The zero-order valence-electron chi connectivity index (χ0n) is 22.0. The molecule has 0 saturated carbocycles. The van der Waals surface area contributed by atoms with Gasteiger partial charge in [0.05, 0.1) is 28.0 Å². The van der Waals surface area contributed by atoms with Gasteiger partial charge in [-0.2, -0.15) is 0 Å². The number of fused-ring (bicyclic) bond motifs is 11. The van der Waals surface area contributed by atoms with E-state index in [2.05, 4.69) is 97.1 Å². The second-order valence-corrected chi connectivity index (χ2v) is 10.6. The van der Waals surface area contributed by atoms with Crippen molar-refractivity contribution in [2.45, 2.75) is 5.41 Å². The molecule has 0 bridgehead atoms. The lowest BCUT2D eigenvalue weighted by Crippen LogP contribution is -2.26. The van der Waals surface area contributed by atoms with Crippen LogP contribution in [0.5, 0.6) is 0 Å². The summed E-state index contributed by atoms with van der Waals surface area (Å²) in [5.41, 5.74) is 12.5. The van der Waals surface area contributed by atoms with E-state index >= 15 is 0 Å². The van der Waals surface area contributed by atoms with Crippen molar-refractivity contribution in [2.24, 2.45) is 0 Å². The number of nitrogens with zero attached hydrogens (tertiary/aromatic N) is 4. The van der Waals surface area contributed by atoms with Crippen LogP contribution in [-0.2, 0) is 5.41 Å². The third kappa shape index (κ3) is 2.88. The van der Waals surface area contributed by atoms with E-state index in [1.54, 1.807) is 0 Å². The molecule has 2 aliphatic carbocycles. The Labute approximate surface area is 237 Å². The first-order valence-corrected chi connectivity index (χ1v) is 13.8. The van der Waals surface area contributed by atoms with Crippen LogP contribution in [-0.4, -0.2) is 19.9 Å². The summed E-state index contributed by atoms with van der Waals surface area (Å²) in [6.07, 6.45) is 3.73. The first-order chi connectivity index (χ1) is 20.4. The second-order valence-electron chi connectivity index (χ2n) is 10.6. The van der Waals surface area contributed by atoms with E-state index in [1.165, 1.54) is 33.4 Å². The van der Waals surface area contributed by atoms with Gasteiger partial charge in [-0.05, 0) is 51.6 Å². The molecule has 4 aromatic carbocycles. The zero-order valence-corrected chi connectivity index (χ0v) is 22.0. The molecule has 3 heterocycles. The lowest BCUT2D eigenvalue weighted by molar-refractivity contribution is 0.789. The smallest absolute Gasteiger partial charge is 0.161 e. The highest BCUT2D eigenvalue weighted by molar-refractivity contribution is 5.99. The molecular weight excluding hydrogens is 500 g/mol. The molecule has 7 aromatic rings. The third-order valence-corrected chi connectivity index (χ3v) is 8.61. The largest absolute Gasteiger partial charge is 0.254 e. The Balaban J connectivity index is 1.39. The zero-order chi connectivity index (χ0) is 27.0. The van der Waals surface area contributed by atoms with E-state index in [0.717, 1.165) is 44.9 Å². The number of hydrogen-bond donors (Lipinski definition) is 0. The molecule has 0 radical (unpaired) electrons. The quantitative estimate of drug-likeness (QED) is 0.230. The van der Waals surface area contributed by atoms with Crippen LogP contribution in [0.4, 0.5) is 0 Å². The molecule has 1 spiro atoms. The summed E-state index contributed by atoms with van der Waals surface area (Å²) in [5.74, 6) is 0.724. The molecule has 3 aromatic heterocycles. The Morgan fingerprint density at radius 3 is 1.88 bits per heavy atom. The predicted molar refractivity (Wildman–Crippen MR) is 162 cm³/mol. The fourth-order valence-electron chi connectivity index (χ4n) is 7.05. The molecule has 0 fully saturated rings. The highest BCUT2D eigenvalue weighted by atomic mass is 14.9. The third-order valence-electron chi connectivity index (χ3n) is 8.61. The van der Waals surface area contributed by atoms with Gasteiger partial charge in [-0.3, -0.25) is 9.97 Å². The minimum atomic E-state index is -0.506. The van der Waals surface area contributed by atoms with E-state index in [0.29, 0.717) is 0 Å². The average molecular weight is 523 g/mol. The number of aromatic nitrogens is 4. The molecule has 0 unspecified atom stereocenters. The Hall–Kier alpha value is -5.48. The molecular formula is C37H22N4. The fraction of sp³-hybridized carbons (Fsp3) is 0.0270. The summed E-state index contributed by atoms with van der Waals surface area (Å²) in [4.78, 5) is 20.1. The van der Waals surface area contributed by atoms with Crippen LogP contribution < -0.4 is 0 Å². The van der Waals surface area contributed by atoms with E-state index in [-0.39, 0.29) is 0 Å². The Bertz CT molecular complexity index is 2120. The maximum absolute atomic E-state index is 5.26. The molecule has 0 amide bonds. The van der Waals surface area contributed by atoms with Crippen molar-refractivity contribution in [3.8, 4) is 45.2 Å². The number of rotatable bonds is 2. The molecule has 4 nitrogen and oxygen atoms in total. The highest BCUT2D eigenvalue weighted by Gasteiger charge is 2.53. The lowest BCUT2D eigenvalue weighted by atomic mass is 9.71. The van der Waals surface area contributed by atoms with E-state index in [4.69, 9.17) is 19.9 Å². The molecule has 2 aliphatic rings. The van der Waals surface area contributed by atoms with Crippen LogP contribution >= 0.6 is 0 Å². The number of para-hydroxylation sites is 1. The van der Waals surface area contributed by atoms with Gasteiger partial charge in [0.1, 0.15) is 0 Å². The van der Waals surface area contributed by atoms with Crippen LogP contribution in [0, 0.1) is 0 Å². The summed E-state index contributed by atoms with van der Waals surface area (Å²) < 4.78 is 0. The van der Waals surface area contributed by atoms with Crippen LogP contribution in [0.2, 0.25) is 0 Å². The van der Waals surface area contributed by atoms with Crippen molar-refractivity contribution in [1.29, 1.82) is 0 Å². The number of hydrogen-bond acceptors (Lipinski definition) is 4. The maximum atomic E-state index is 5.26. The van der Waals surface area contributed by atoms with Crippen molar-refractivity contribution in [3.05, 3.63) is 156 Å². The van der Waals surface area contributed by atoms with Crippen LogP contribution in [0.1, 0.15) is 22.3 Å². The van der Waals surface area contributed by atoms with Gasteiger partial charge in [-0.25, -0.2) is 9.97 Å². The Morgan fingerprint density at radius 2 is 1.07 bits per heavy atom. The topological polar surface area (TPSA) is 51.6 Å². The first-order valence-electron chi connectivity index (χ1n) is 13.8. The van der Waals surface area contributed by atoms with Gasteiger partial charge in [-0.1, -0.05) is 103 Å². The summed E-state index contributed by atoms with van der Waals surface area (Å²) in [5, 5.41) is 1.04. The van der Waals surface area contributed by atoms with Gasteiger partial charge in [0, 0.05) is 28.9 Å². The molecule has 41 heavy (non-hydrogen) atoms. The minimum absolute atomic E-state index is 0.506. The lowest BCUT2D eigenvalue weighted by Gasteiger charge is -2.29. The number of benzene rings is 4. The van der Waals surface area contributed by atoms with Gasteiger partial charge < -0.3 is 0 Å². The van der Waals surface area contributed by atoms with Crippen LogP contribution in [0.25, 0.3) is 56.1 Å². The summed E-state index contributed by atoms with van der Waals surface area (Å²) >= 11 is 0. The van der Waals surface area contributed by atoms with Crippen LogP contribution in [0.15, 0.2) is 134 Å². The minimum Gasteiger partial charge on any atom is -0.254 e. The molecule has 0 aliphatic heterocycles. The normalized spacial score (nSPS) is 13.6. The average Bonchev–Trinajstić information content (AvgIpc) is 3.52. The highest BCUT2D eigenvalue weighted by Crippen LogP contribution is 2.63. The van der Waals surface area contributed by atoms with E-state index in [9.17, 15) is 0 Å². The van der Waals surface area contributed by atoms with Crippen molar-refractivity contribution in [1.82, 2.24) is 19.9 Å². The van der Waals surface area contributed by atoms with Gasteiger partial charge in [0.2, 0.25) is 0 Å². The summed E-state index contributed by atoms with van der Waals surface area (Å²) in [6.45, 7) is 0. The van der Waals surface area contributed by atoms with Gasteiger partial charge in [0.25, 0.3) is 0 Å². The molecule has 0 saturated heterocycles. The van der Waals surface area contributed by atoms with E-state index in [1.807, 2.05) is 36.7 Å². The van der Waals surface area contributed by atoms with Crippen molar-refractivity contribution >= 4 is 10.9 Å². The standard InChI is InChI=1S/C37H22N4/c1-2-11-23(12-3-1)33-25-14-5-7-20-31(25)40-36(41-33)26-15-8-17-28-32(26)24-13-4-6-16-27(24)37(28)29-18-9-21-38-34(29)35-30(37)19-10-22-39-35/h1-22H. The Morgan fingerprint density at radius 1 is 0.439 bits per heavy atom. The SMILES string of the molecule is c1ccc(-c2nc(-c3cccc4c3-c3ccccc3C43c4cccnc4-c4ncccc43)nc3ccccc23)cc1. The van der Waals surface area contributed by atoms with Gasteiger partial charge >= 0.3 is 0 Å². The Kier molecular flexibility index (Phi) is 4.50. The molecule has 0 atom stereocenters. The van der Waals surface area contributed by atoms with E-state index < -0.39 is 5.41 Å². The summed E-state index contributed by atoms with van der Waals surface area (Å²) in [7, 11) is 0. The van der Waals surface area contributed by atoms with Crippen molar-refractivity contribution in [3.63, 3.8) is 0 Å². The number of pyridine rings is 2. The maximum Gasteiger partial charge on any atom is 0.161 e. The molecule has 0 N–H and O–H groups in total. The van der Waals surface area contributed by atoms with Crippen molar-refractivity contribution < 1.29 is 0 Å². The molecule has 4 heteroatoms. The fourth-order valence-corrected chi connectivity index (χ4v) is 7.05. The van der Waals surface area contributed by atoms with Crippen molar-refractivity contribution in [2.75, 3.05) is 0 Å². The monoisotopic (exact) mass is 522 g/mol. The van der Waals surface area contributed by atoms with Gasteiger partial charge in [-0.15, -0.1) is 0 Å². The van der Waals surface area contributed by atoms with Gasteiger partial charge in [0.15, 0.2) is 5.82 Å². The van der Waals surface area contributed by atoms with Crippen LogP contribution in [0.3, 0.4) is 0 Å². The molecule has 190 valence electrons. The first kappa shape index (κ1) is 22.3. The second kappa shape index (κ2) is 8.26. The predicted octanol–water partition coefficient (Wildman–Crippen LogP) is 8.10. The summed E-state index contributed by atoms with van der Waals surface area (Å²) in [6, 6.07) is 42.5.